The maximum absolute atomic E-state index is 13.8. The number of carbonyl (C=O) groups excluding carboxylic acids is 2. The highest BCUT2D eigenvalue weighted by Gasteiger charge is 2.44. The lowest BCUT2D eigenvalue weighted by Gasteiger charge is -2.35. The summed E-state index contributed by atoms with van der Waals surface area (Å²) in [5.41, 5.74) is 1.53. The molecule has 0 atom stereocenters. The van der Waals surface area contributed by atoms with Gasteiger partial charge in [0.25, 0.3) is 11.8 Å². The Kier molecular flexibility index (Phi) is 7.71. The first-order valence-electron chi connectivity index (χ1n) is 14.4. The van der Waals surface area contributed by atoms with E-state index in [4.69, 9.17) is 0 Å². The quantitative estimate of drug-likeness (QED) is 0.200. The Bertz CT molecular complexity index is 1810. The van der Waals surface area contributed by atoms with Crippen LogP contribution in [0.15, 0.2) is 60.7 Å². The molecule has 0 radical (unpaired) electrons. The number of alkyl halides is 3. The van der Waals surface area contributed by atoms with Gasteiger partial charge in [0.15, 0.2) is 5.69 Å². The number of fused-ring (bicyclic) bond motifs is 1. The molecule has 1 saturated heterocycles. The zero-order valence-corrected chi connectivity index (χ0v) is 24.0. The standard InChI is InChI=1S/C32H29F4N5O4/c33-21-6-7-23(20(15-21)17-27(42)43)37-29(44)19-5-8-26(40-13-11-31(9-10-31)12-14-40)24(16-19)38-30(45)28-22-3-1-2-4-25(22)41(39-28)18-32(34,35)36/h1-8,15-16H,9-14,17-18H2,(H,37,44)(H,38,45)(H,42,43). The number of piperidine rings is 1. The van der Waals surface area contributed by atoms with Crippen LogP contribution in [-0.2, 0) is 17.8 Å². The molecule has 1 aliphatic heterocycles. The van der Waals surface area contributed by atoms with E-state index in [1.807, 2.05) is 0 Å². The second-order valence-electron chi connectivity index (χ2n) is 11.6. The molecular weight excluding hydrogens is 594 g/mol. The SMILES string of the molecule is O=C(O)Cc1cc(F)ccc1NC(=O)c1ccc(N2CCC3(CC2)CC3)c(NC(=O)c2nn(CC(F)(F)F)c3ccccc23)c1. The van der Waals surface area contributed by atoms with E-state index in [0.717, 1.165) is 42.7 Å². The number of nitrogens with one attached hydrogen (secondary N) is 2. The van der Waals surface area contributed by atoms with E-state index in [9.17, 15) is 37.1 Å². The van der Waals surface area contributed by atoms with Crippen molar-refractivity contribution >= 4 is 45.7 Å². The Morgan fingerprint density at radius 3 is 2.29 bits per heavy atom. The zero-order chi connectivity index (χ0) is 31.9. The molecular formula is C32H29F4N5O4. The summed E-state index contributed by atoms with van der Waals surface area (Å²) in [5.74, 6) is -3.24. The zero-order valence-electron chi connectivity index (χ0n) is 24.0. The number of rotatable bonds is 8. The summed E-state index contributed by atoms with van der Waals surface area (Å²) in [4.78, 5) is 40.4. The van der Waals surface area contributed by atoms with Crippen LogP contribution in [0.2, 0.25) is 0 Å². The van der Waals surface area contributed by atoms with E-state index in [0.29, 0.717) is 11.1 Å². The summed E-state index contributed by atoms with van der Waals surface area (Å²) >= 11 is 0. The van der Waals surface area contributed by atoms with Crippen molar-refractivity contribution in [1.82, 2.24) is 9.78 Å². The number of amides is 2. The van der Waals surface area contributed by atoms with E-state index < -0.39 is 42.7 Å². The summed E-state index contributed by atoms with van der Waals surface area (Å²) in [6, 6.07) is 14.3. The number of aromatic nitrogens is 2. The molecule has 9 nitrogen and oxygen atoms in total. The fourth-order valence-electron chi connectivity index (χ4n) is 5.91. The predicted octanol–water partition coefficient (Wildman–Crippen LogP) is 6.25. The number of aliphatic carboxylic acids is 1. The average Bonchev–Trinajstić information content (AvgIpc) is 3.64. The largest absolute Gasteiger partial charge is 0.481 e. The van der Waals surface area contributed by atoms with Crippen LogP contribution < -0.4 is 15.5 Å². The number of nitrogens with zero attached hydrogens (tertiary/aromatic N) is 3. The average molecular weight is 624 g/mol. The molecule has 2 amide bonds. The molecule has 45 heavy (non-hydrogen) atoms. The number of anilines is 3. The molecule has 3 aromatic carbocycles. The van der Waals surface area contributed by atoms with E-state index >= 15 is 0 Å². The molecule has 1 saturated carbocycles. The van der Waals surface area contributed by atoms with Crippen LogP contribution in [-0.4, -0.2) is 51.9 Å². The lowest BCUT2D eigenvalue weighted by atomic mass is 9.93. The van der Waals surface area contributed by atoms with Crippen molar-refractivity contribution in [2.75, 3.05) is 28.6 Å². The van der Waals surface area contributed by atoms with Gasteiger partial charge in [-0.2, -0.15) is 18.3 Å². The van der Waals surface area contributed by atoms with Crippen molar-refractivity contribution in [3.63, 3.8) is 0 Å². The maximum Gasteiger partial charge on any atom is 0.408 e. The number of benzene rings is 3. The topological polar surface area (TPSA) is 117 Å². The highest BCUT2D eigenvalue weighted by atomic mass is 19.4. The Labute approximate surface area is 254 Å². The molecule has 3 N–H and O–H groups in total. The molecule has 0 bridgehead atoms. The molecule has 1 aromatic heterocycles. The van der Waals surface area contributed by atoms with Gasteiger partial charge in [0.1, 0.15) is 12.4 Å². The minimum absolute atomic E-state index is 0.0737. The molecule has 13 heteroatoms. The molecule has 2 heterocycles. The maximum atomic E-state index is 13.8. The van der Waals surface area contributed by atoms with Crippen LogP contribution in [0.4, 0.5) is 34.6 Å². The Morgan fingerprint density at radius 2 is 1.60 bits per heavy atom. The first-order chi connectivity index (χ1) is 21.4. The van der Waals surface area contributed by atoms with Crippen LogP contribution in [0.3, 0.4) is 0 Å². The van der Waals surface area contributed by atoms with Crippen molar-refractivity contribution in [2.45, 2.75) is 44.8 Å². The van der Waals surface area contributed by atoms with Crippen LogP contribution in [0.5, 0.6) is 0 Å². The van der Waals surface area contributed by atoms with Gasteiger partial charge < -0.3 is 20.6 Å². The first-order valence-corrected chi connectivity index (χ1v) is 14.4. The second kappa shape index (κ2) is 11.5. The molecule has 4 aromatic rings. The van der Waals surface area contributed by atoms with Gasteiger partial charge in [0.2, 0.25) is 0 Å². The van der Waals surface area contributed by atoms with Crippen LogP contribution in [0.25, 0.3) is 10.9 Å². The second-order valence-corrected chi connectivity index (χ2v) is 11.6. The first kappa shape index (κ1) is 30.1. The van der Waals surface area contributed by atoms with E-state index in [1.165, 1.54) is 37.1 Å². The van der Waals surface area contributed by atoms with Gasteiger partial charge in [-0.3, -0.25) is 19.1 Å². The molecule has 2 fully saturated rings. The van der Waals surface area contributed by atoms with Gasteiger partial charge >= 0.3 is 12.1 Å². The van der Waals surface area contributed by atoms with E-state index in [-0.39, 0.29) is 39.1 Å². The van der Waals surface area contributed by atoms with E-state index in [2.05, 4.69) is 20.6 Å². The fourth-order valence-corrected chi connectivity index (χ4v) is 5.91. The van der Waals surface area contributed by atoms with Crippen molar-refractivity contribution in [3.05, 3.63) is 83.3 Å². The monoisotopic (exact) mass is 623 g/mol. The van der Waals surface area contributed by atoms with E-state index in [1.54, 1.807) is 24.3 Å². The molecule has 0 unspecified atom stereocenters. The Balaban J connectivity index is 1.33. The number of hydrogen-bond acceptors (Lipinski definition) is 5. The van der Waals surface area contributed by atoms with Gasteiger partial charge in [-0.1, -0.05) is 18.2 Å². The summed E-state index contributed by atoms with van der Waals surface area (Å²) in [6.45, 7) is 0.0852. The Hall–Kier alpha value is -4.94. The van der Waals surface area contributed by atoms with Crippen molar-refractivity contribution in [2.24, 2.45) is 5.41 Å². The van der Waals surface area contributed by atoms with Crippen LogP contribution in [0.1, 0.15) is 52.1 Å². The number of carboxylic acids is 1. The minimum Gasteiger partial charge on any atom is -0.481 e. The molecule has 2 aliphatic rings. The number of halogens is 4. The molecule has 1 aliphatic carbocycles. The number of carboxylic acid groups (broad SMARTS) is 1. The molecule has 6 rings (SSSR count). The Morgan fingerprint density at radius 1 is 0.889 bits per heavy atom. The van der Waals surface area contributed by atoms with Gasteiger partial charge in [0, 0.05) is 29.7 Å². The van der Waals surface area contributed by atoms with Crippen LogP contribution >= 0.6 is 0 Å². The third-order valence-electron chi connectivity index (χ3n) is 8.49. The lowest BCUT2D eigenvalue weighted by molar-refractivity contribution is -0.142. The van der Waals surface area contributed by atoms with Gasteiger partial charge in [-0.05, 0) is 79.1 Å². The van der Waals surface area contributed by atoms with Gasteiger partial charge in [-0.25, -0.2) is 4.39 Å². The summed E-state index contributed by atoms with van der Waals surface area (Å²) in [7, 11) is 0. The minimum atomic E-state index is -4.56. The highest BCUT2D eigenvalue weighted by Crippen LogP contribution is 2.54. The third kappa shape index (κ3) is 6.61. The summed E-state index contributed by atoms with van der Waals surface area (Å²) in [5, 5.41) is 18.9. The summed E-state index contributed by atoms with van der Waals surface area (Å²) < 4.78 is 54.4. The fraction of sp³-hybridized carbons (Fsp3) is 0.312. The van der Waals surface area contributed by atoms with Crippen LogP contribution in [0, 0.1) is 11.2 Å². The number of carbonyl (C=O) groups is 3. The number of hydrogen-bond donors (Lipinski definition) is 3. The molecule has 234 valence electrons. The summed E-state index contributed by atoms with van der Waals surface area (Å²) in [6.07, 6.45) is -0.745. The highest BCUT2D eigenvalue weighted by molar-refractivity contribution is 6.13. The number of para-hydroxylation sites is 1. The van der Waals surface area contributed by atoms with Crippen molar-refractivity contribution in [3.8, 4) is 0 Å². The van der Waals surface area contributed by atoms with Gasteiger partial charge in [-0.15, -0.1) is 0 Å². The third-order valence-corrected chi connectivity index (χ3v) is 8.49. The smallest absolute Gasteiger partial charge is 0.408 e. The lowest BCUT2D eigenvalue weighted by Crippen LogP contribution is -2.35. The molecule has 1 spiro atoms. The van der Waals surface area contributed by atoms with Crippen molar-refractivity contribution in [1.29, 1.82) is 0 Å². The van der Waals surface area contributed by atoms with Crippen molar-refractivity contribution < 1.29 is 37.1 Å². The van der Waals surface area contributed by atoms with Gasteiger partial charge in [0.05, 0.1) is 23.3 Å². The predicted molar refractivity (Wildman–Crippen MR) is 159 cm³/mol. The normalized spacial score (nSPS) is 15.7.